The van der Waals surface area contributed by atoms with Crippen LogP contribution in [-0.2, 0) is 9.63 Å². The molecule has 0 aliphatic heterocycles. The number of Topliss-reactive ketones (excluding diaryl/α,β-unsaturated/α-hetero) is 1. The minimum absolute atomic E-state index is 0. The zero-order valence-electron chi connectivity index (χ0n) is 18.9. The summed E-state index contributed by atoms with van der Waals surface area (Å²) in [5.41, 5.74) is 1.40. The van der Waals surface area contributed by atoms with Gasteiger partial charge >= 0.3 is 0 Å². The van der Waals surface area contributed by atoms with Crippen molar-refractivity contribution < 1.29 is 9.63 Å². The molecular weight excluding hydrogens is 396 g/mol. The number of halogens is 1. The standard InChI is InChI=1S/C25H38N2O2.ClH/c1-5-17-15-19-20-7-8-23(28)25(20,3)12-10-21(19)24(2)11-9-18(16-22(17)24)27-29-14-6-13-26-4;/h1,17,19-22,26H,6-16H2,2-4H3;1H/t17-,19-,20-,21-,22?,24+,25-;/m0./s1. The van der Waals surface area contributed by atoms with Gasteiger partial charge in [-0.25, -0.2) is 0 Å². The zero-order chi connectivity index (χ0) is 20.6. The Morgan fingerprint density at radius 3 is 2.73 bits per heavy atom. The Balaban J connectivity index is 0.00000256. The molecule has 0 aromatic heterocycles. The van der Waals surface area contributed by atoms with Crippen LogP contribution >= 0.6 is 12.4 Å². The number of fused-ring (bicyclic) bond motifs is 5. The molecule has 0 aromatic carbocycles. The second-order valence-corrected chi connectivity index (χ2v) is 10.6. The third-order valence-corrected chi connectivity index (χ3v) is 9.33. The smallest absolute Gasteiger partial charge is 0.139 e. The fraction of sp³-hybridized carbons (Fsp3) is 0.840. The van der Waals surface area contributed by atoms with Gasteiger partial charge in [0.25, 0.3) is 0 Å². The maximum absolute atomic E-state index is 12.7. The van der Waals surface area contributed by atoms with Gasteiger partial charge in [0, 0.05) is 17.8 Å². The van der Waals surface area contributed by atoms with Gasteiger partial charge in [-0.3, -0.25) is 4.79 Å². The van der Waals surface area contributed by atoms with Gasteiger partial charge < -0.3 is 10.2 Å². The van der Waals surface area contributed by atoms with E-state index in [-0.39, 0.29) is 23.2 Å². The first-order valence-electron chi connectivity index (χ1n) is 11.8. The van der Waals surface area contributed by atoms with Crippen LogP contribution in [0.25, 0.3) is 0 Å². The number of hydrogen-bond acceptors (Lipinski definition) is 4. The Morgan fingerprint density at radius 1 is 1.20 bits per heavy atom. The van der Waals surface area contributed by atoms with E-state index >= 15 is 0 Å². The van der Waals surface area contributed by atoms with Crippen LogP contribution in [-0.4, -0.2) is 31.7 Å². The largest absolute Gasteiger partial charge is 0.396 e. The monoisotopic (exact) mass is 434 g/mol. The highest BCUT2D eigenvalue weighted by Crippen LogP contribution is 2.66. The van der Waals surface area contributed by atoms with Crippen molar-refractivity contribution in [2.45, 2.75) is 71.6 Å². The molecule has 0 spiro atoms. The van der Waals surface area contributed by atoms with Crippen LogP contribution in [0.5, 0.6) is 0 Å². The van der Waals surface area contributed by atoms with Gasteiger partial charge in [-0.1, -0.05) is 19.0 Å². The molecule has 4 rings (SSSR count). The molecule has 4 fully saturated rings. The van der Waals surface area contributed by atoms with Gasteiger partial charge in [0.05, 0.1) is 5.71 Å². The minimum Gasteiger partial charge on any atom is -0.396 e. The highest BCUT2D eigenvalue weighted by Gasteiger charge is 2.61. The SMILES string of the molecule is C#C[C@H]1C[C@@H]2[C@H](CC[C@]3(C)C(=O)CC[C@@H]23)[C@@]2(C)CCC(=NOCCCNC)CC12.Cl. The number of hydrogen-bond donors (Lipinski definition) is 1. The van der Waals surface area contributed by atoms with Crippen molar-refractivity contribution in [1.29, 1.82) is 0 Å². The van der Waals surface area contributed by atoms with Gasteiger partial charge in [-0.05, 0) is 94.0 Å². The number of terminal acetylenes is 1. The fourth-order valence-corrected chi connectivity index (χ4v) is 7.63. The Bertz CT molecular complexity index is 716. The Morgan fingerprint density at radius 2 is 2.00 bits per heavy atom. The number of carbonyl (C=O) groups is 1. The molecule has 30 heavy (non-hydrogen) atoms. The zero-order valence-corrected chi connectivity index (χ0v) is 19.7. The van der Waals surface area contributed by atoms with E-state index in [2.05, 4.69) is 30.2 Å². The van der Waals surface area contributed by atoms with E-state index < -0.39 is 0 Å². The Hall–Kier alpha value is -1.05. The molecule has 7 atom stereocenters. The van der Waals surface area contributed by atoms with Crippen molar-refractivity contribution >= 4 is 23.9 Å². The maximum Gasteiger partial charge on any atom is 0.139 e. The van der Waals surface area contributed by atoms with Crippen LogP contribution < -0.4 is 5.32 Å². The van der Waals surface area contributed by atoms with E-state index in [1.807, 2.05) is 7.05 Å². The van der Waals surface area contributed by atoms with Crippen molar-refractivity contribution in [3.8, 4) is 12.3 Å². The van der Waals surface area contributed by atoms with E-state index in [1.54, 1.807) is 0 Å². The third-order valence-electron chi connectivity index (χ3n) is 9.33. The lowest BCUT2D eigenvalue weighted by Crippen LogP contribution is -2.56. The van der Waals surface area contributed by atoms with Crippen LogP contribution in [0, 0.1) is 52.8 Å². The van der Waals surface area contributed by atoms with E-state index in [0.29, 0.717) is 42.0 Å². The average Bonchev–Trinajstić information content (AvgIpc) is 3.02. The van der Waals surface area contributed by atoms with E-state index in [9.17, 15) is 4.79 Å². The van der Waals surface area contributed by atoms with Crippen LogP contribution in [0.4, 0.5) is 0 Å². The molecule has 0 radical (unpaired) electrons. The number of nitrogens with zero attached hydrogens (tertiary/aromatic N) is 1. The van der Waals surface area contributed by atoms with E-state index in [0.717, 1.165) is 57.9 Å². The molecule has 0 bridgehead atoms. The molecule has 4 saturated carbocycles. The van der Waals surface area contributed by atoms with Crippen molar-refractivity contribution in [2.24, 2.45) is 45.6 Å². The lowest BCUT2D eigenvalue weighted by Gasteiger charge is -2.61. The van der Waals surface area contributed by atoms with Gasteiger partial charge in [0.2, 0.25) is 0 Å². The lowest BCUT2D eigenvalue weighted by molar-refractivity contribution is -0.139. The summed E-state index contributed by atoms with van der Waals surface area (Å²) in [6.07, 6.45) is 15.5. The van der Waals surface area contributed by atoms with E-state index in [1.165, 1.54) is 12.1 Å². The predicted molar refractivity (Wildman–Crippen MR) is 124 cm³/mol. The van der Waals surface area contributed by atoms with Crippen LogP contribution in [0.1, 0.15) is 71.6 Å². The van der Waals surface area contributed by atoms with Gasteiger partial charge in [-0.2, -0.15) is 0 Å². The summed E-state index contributed by atoms with van der Waals surface area (Å²) >= 11 is 0. The average molecular weight is 435 g/mol. The molecule has 1 N–H and O–H groups in total. The third kappa shape index (κ3) is 3.82. The van der Waals surface area contributed by atoms with Crippen molar-refractivity contribution in [2.75, 3.05) is 20.2 Å². The summed E-state index contributed by atoms with van der Waals surface area (Å²) < 4.78 is 0. The first-order valence-corrected chi connectivity index (χ1v) is 11.8. The molecule has 4 aliphatic carbocycles. The number of nitrogens with one attached hydrogen (secondary N) is 1. The molecule has 168 valence electrons. The summed E-state index contributed by atoms with van der Waals surface area (Å²) in [5.74, 6) is 6.38. The summed E-state index contributed by atoms with van der Waals surface area (Å²) in [4.78, 5) is 18.3. The molecule has 0 heterocycles. The van der Waals surface area contributed by atoms with Gasteiger partial charge in [-0.15, -0.1) is 24.8 Å². The van der Waals surface area contributed by atoms with Crippen LogP contribution in [0.2, 0.25) is 0 Å². The molecule has 0 aromatic rings. The number of carbonyl (C=O) groups excluding carboxylic acids is 1. The van der Waals surface area contributed by atoms with Crippen molar-refractivity contribution in [3.05, 3.63) is 0 Å². The predicted octanol–water partition coefficient (Wildman–Crippen LogP) is 4.86. The first-order chi connectivity index (χ1) is 13.9. The van der Waals surface area contributed by atoms with Crippen LogP contribution in [0.3, 0.4) is 0 Å². The Labute approximate surface area is 188 Å². The molecule has 0 amide bonds. The normalized spacial score (nSPS) is 43.7. The number of oxime groups is 1. The second-order valence-electron chi connectivity index (χ2n) is 10.6. The topological polar surface area (TPSA) is 50.7 Å². The van der Waals surface area contributed by atoms with E-state index in [4.69, 9.17) is 11.3 Å². The maximum atomic E-state index is 12.7. The molecule has 4 nitrogen and oxygen atoms in total. The highest BCUT2D eigenvalue weighted by molar-refractivity contribution is 5.87. The summed E-state index contributed by atoms with van der Waals surface area (Å²) in [6, 6.07) is 0. The number of ketones is 1. The van der Waals surface area contributed by atoms with Gasteiger partial charge in [0.1, 0.15) is 12.4 Å². The lowest BCUT2D eigenvalue weighted by atomic mass is 9.43. The minimum atomic E-state index is -0.0774. The second kappa shape index (κ2) is 9.21. The summed E-state index contributed by atoms with van der Waals surface area (Å²) in [7, 11) is 1.96. The highest BCUT2D eigenvalue weighted by atomic mass is 35.5. The summed E-state index contributed by atoms with van der Waals surface area (Å²) in [6.45, 7) is 6.38. The van der Waals surface area contributed by atoms with Crippen molar-refractivity contribution in [1.82, 2.24) is 5.32 Å². The van der Waals surface area contributed by atoms with Crippen molar-refractivity contribution in [3.63, 3.8) is 0 Å². The summed E-state index contributed by atoms with van der Waals surface area (Å²) in [5, 5.41) is 7.64. The van der Waals surface area contributed by atoms with Gasteiger partial charge in [0.15, 0.2) is 0 Å². The fourth-order valence-electron chi connectivity index (χ4n) is 7.63. The molecular formula is C25H39ClN2O2. The first kappa shape index (κ1) is 23.6. The molecule has 0 saturated heterocycles. The quantitative estimate of drug-likeness (QED) is 0.382. The Kier molecular flexibility index (Phi) is 7.25. The van der Waals surface area contributed by atoms with Crippen LogP contribution in [0.15, 0.2) is 5.16 Å². The number of rotatable bonds is 5. The molecule has 5 heteroatoms. The molecule has 4 aliphatic rings. The molecule has 1 unspecified atom stereocenters.